The highest BCUT2D eigenvalue weighted by Crippen LogP contribution is 2.17. The van der Waals surface area contributed by atoms with Crippen LogP contribution in [0.5, 0.6) is 5.75 Å². The lowest BCUT2D eigenvalue weighted by atomic mass is 10.2. The van der Waals surface area contributed by atoms with Gasteiger partial charge in [-0.1, -0.05) is 13.8 Å². The number of hydrazone groups is 1. The van der Waals surface area contributed by atoms with Crippen molar-refractivity contribution < 1.29 is 4.74 Å². The van der Waals surface area contributed by atoms with Gasteiger partial charge in [-0.15, -0.1) is 0 Å². The molecule has 0 aliphatic rings. The van der Waals surface area contributed by atoms with Crippen LogP contribution in [0.15, 0.2) is 39.0 Å². The van der Waals surface area contributed by atoms with E-state index in [0.717, 1.165) is 11.3 Å². The van der Waals surface area contributed by atoms with Crippen molar-refractivity contribution in [1.29, 1.82) is 0 Å². The van der Waals surface area contributed by atoms with Gasteiger partial charge in [-0.3, -0.25) is 14.3 Å². The number of nitrogens with zero attached hydrogens (tertiary/aromatic N) is 4. The molecule has 0 spiro atoms. The van der Waals surface area contributed by atoms with Crippen LogP contribution in [0.25, 0.3) is 11.2 Å². The first kappa shape index (κ1) is 18.4. The normalized spacial score (nSPS) is 11.6. The van der Waals surface area contributed by atoms with Gasteiger partial charge < -0.3 is 9.30 Å². The molecule has 0 aliphatic carbocycles. The van der Waals surface area contributed by atoms with Crippen molar-refractivity contribution >= 4 is 23.3 Å². The van der Waals surface area contributed by atoms with E-state index >= 15 is 0 Å². The zero-order chi connectivity index (χ0) is 19.6. The maximum absolute atomic E-state index is 12.3. The van der Waals surface area contributed by atoms with Crippen molar-refractivity contribution in [3.05, 3.63) is 50.7 Å². The monoisotopic (exact) mass is 370 g/mol. The Kier molecular flexibility index (Phi) is 5.11. The molecule has 1 aromatic carbocycles. The van der Waals surface area contributed by atoms with E-state index in [1.54, 1.807) is 24.9 Å². The third-order valence-electron chi connectivity index (χ3n) is 4.05. The van der Waals surface area contributed by atoms with Crippen molar-refractivity contribution in [2.24, 2.45) is 18.1 Å². The molecule has 27 heavy (non-hydrogen) atoms. The number of aryl methyl sites for hydroxylation is 1. The molecule has 0 amide bonds. The number of rotatable bonds is 6. The third kappa shape index (κ3) is 3.76. The smallest absolute Gasteiger partial charge is 0.329 e. The average molecular weight is 370 g/mol. The van der Waals surface area contributed by atoms with E-state index in [4.69, 9.17) is 4.74 Å². The lowest BCUT2D eigenvalue weighted by Gasteiger charge is -2.10. The Morgan fingerprint density at radius 3 is 2.63 bits per heavy atom. The fourth-order valence-corrected chi connectivity index (χ4v) is 2.72. The number of ether oxygens (including phenoxy) is 1. The second-order valence-corrected chi connectivity index (χ2v) is 6.57. The van der Waals surface area contributed by atoms with Crippen LogP contribution in [0.1, 0.15) is 19.4 Å². The summed E-state index contributed by atoms with van der Waals surface area (Å²) in [5.74, 6) is 1.43. The Morgan fingerprint density at radius 2 is 2.00 bits per heavy atom. The van der Waals surface area contributed by atoms with Gasteiger partial charge in [0, 0.05) is 13.6 Å². The highest BCUT2D eigenvalue weighted by Gasteiger charge is 2.17. The van der Waals surface area contributed by atoms with Gasteiger partial charge in [-0.25, -0.2) is 10.2 Å². The van der Waals surface area contributed by atoms with Gasteiger partial charge in [0.25, 0.3) is 5.56 Å². The van der Waals surface area contributed by atoms with Gasteiger partial charge >= 0.3 is 5.69 Å². The quantitative estimate of drug-likeness (QED) is 0.506. The number of H-pyrrole nitrogens is 1. The van der Waals surface area contributed by atoms with Gasteiger partial charge in [0.2, 0.25) is 5.95 Å². The largest absolute Gasteiger partial charge is 0.497 e. The van der Waals surface area contributed by atoms with Crippen LogP contribution < -0.4 is 21.4 Å². The standard InChI is InChI=1S/C18H22N6O3/c1-11(2)10-24-14-15(23(3)18(26)21-16(14)25)20-17(24)22-19-9-12-5-7-13(27-4)8-6-12/h5-9,11H,10H2,1-4H3,(H,20,22)(H,21,25,26). The Labute approximate surface area is 155 Å². The van der Waals surface area contributed by atoms with E-state index in [-0.39, 0.29) is 5.92 Å². The highest BCUT2D eigenvalue weighted by atomic mass is 16.5. The predicted octanol–water partition coefficient (Wildman–Crippen LogP) is 1.53. The highest BCUT2D eigenvalue weighted by molar-refractivity contribution is 5.80. The van der Waals surface area contributed by atoms with E-state index in [2.05, 4.69) is 20.5 Å². The summed E-state index contributed by atoms with van der Waals surface area (Å²) in [7, 11) is 3.18. The van der Waals surface area contributed by atoms with Gasteiger partial charge in [0.15, 0.2) is 11.2 Å². The summed E-state index contributed by atoms with van der Waals surface area (Å²) in [5, 5.41) is 4.21. The summed E-state index contributed by atoms with van der Waals surface area (Å²) in [6.45, 7) is 4.62. The van der Waals surface area contributed by atoms with Crippen LogP contribution in [0, 0.1) is 5.92 Å². The maximum atomic E-state index is 12.3. The number of fused-ring (bicyclic) bond motifs is 1. The molecule has 0 aliphatic heterocycles. The molecule has 3 rings (SSSR count). The maximum Gasteiger partial charge on any atom is 0.329 e. The topological polar surface area (TPSA) is 106 Å². The number of nitrogens with one attached hydrogen (secondary N) is 2. The molecular weight excluding hydrogens is 348 g/mol. The van der Waals surface area contributed by atoms with Crippen LogP contribution in [0.2, 0.25) is 0 Å². The molecule has 3 aromatic rings. The second-order valence-electron chi connectivity index (χ2n) is 6.57. The molecule has 0 fully saturated rings. The number of methoxy groups -OCH3 is 1. The number of imidazole rings is 1. The van der Waals surface area contributed by atoms with Gasteiger partial charge in [0.1, 0.15) is 5.75 Å². The minimum atomic E-state index is -0.505. The van der Waals surface area contributed by atoms with Gasteiger partial charge in [-0.05, 0) is 35.7 Å². The fourth-order valence-electron chi connectivity index (χ4n) is 2.72. The van der Waals surface area contributed by atoms with Crippen LogP contribution >= 0.6 is 0 Å². The third-order valence-corrected chi connectivity index (χ3v) is 4.05. The molecule has 0 bridgehead atoms. The summed E-state index contributed by atoms with van der Waals surface area (Å²) in [4.78, 5) is 30.9. The van der Waals surface area contributed by atoms with Gasteiger partial charge in [0.05, 0.1) is 13.3 Å². The lowest BCUT2D eigenvalue weighted by molar-refractivity contribution is 0.415. The zero-order valence-corrected chi connectivity index (χ0v) is 15.7. The number of aromatic nitrogens is 4. The molecule has 0 atom stereocenters. The number of hydrogen-bond acceptors (Lipinski definition) is 6. The van der Waals surface area contributed by atoms with Crippen LogP contribution in [-0.4, -0.2) is 32.4 Å². The molecule has 9 heteroatoms. The predicted molar refractivity (Wildman–Crippen MR) is 105 cm³/mol. The lowest BCUT2D eigenvalue weighted by Crippen LogP contribution is -2.29. The number of hydrogen-bond donors (Lipinski definition) is 2. The van der Waals surface area contributed by atoms with Crippen molar-refractivity contribution in [2.45, 2.75) is 20.4 Å². The van der Waals surface area contributed by atoms with E-state index in [0.29, 0.717) is 23.7 Å². The molecule has 142 valence electrons. The Hall–Kier alpha value is -3.36. The second kappa shape index (κ2) is 7.48. The van der Waals surface area contributed by atoms with Crippen LogP contribution in [0.4, 0.5) is 5.95 Å². The van der Waals surface area contributed by atoms with Gasteiger partial charge in [-0.2, -0.15) is 10.1 Å². The van der Waals surface area contributed by atoms with Crippen LogP contribution in [0.3, 0.4) is 0 Å². The molecule has 2 aromatic heterocycles. The minimum Gasteiger partial charge on any atom is -0.497 e. The fraction of sp³-hybridized carbons (Fsp3) is 0.333. The average Bonchev–Trinajstić information content (AvgIpc) is 2.99. The van der Waals surface area contributed by atoms with Crippen molar-refractivity contribution in [3.63, 3.8) is 0 Å². The molecule has 0 saturated carbocycles. The summed E-state index contributed by atoms with van der Waals surface area (Å²) < 4.78 is 8.18. The molecule has 2 N–H and O–H groups in total. The minimum absolute atomic E-state index is 0.269. The summed E-state index contributed by atoms with van der Waals surface area (Å²) in [5.41, 5.74) is 3.44. The zero-order valence-electron chi connectivity index (χ0n) is 15.7. The number of anilines is 1. The van der Waals surface area contributed by atoms with Crippen molar-refractivity contribution in [3.8, 4) is 5.75 Å². The number of aromatic amines is 1. The van der Waals surface area contributed by atoms with Crippen molar-refractivity contribution in [1.82, 2.24) is 19.1 Å². The van der Waals surface area contributed by atoms with E-state index < -0.39 is 11.2 Å². The molecule has 9 nitrogen and oxygen atoms in total. The van der Waals surface area contributed by atoms with Crippen LogP contribution in [-0.2, 0) is 13.6 Å². The first-order valence-electron chi connectivity index (χ1n) is 8.53. The van der Waals surface area contributed by atoms with E-state index in [9.17, 15) is 9.59 Å². The Balaban J connectivity index is 1.98. The molecular formula is C18H22N6O3. The first-order valence-corrected chi connectivity index (χ1v) is 8.53. The summed E-state index contributed by atoms with van der Waals surface area (Å²) >= 11 is 0. The summed E-state index contributed by atoms with van der Waals surface area (Å²) in [6, 6.07) is 7.42. The molecule has 0 radical (unpaired) electrons. The molecule has 0 saturated heterocycles. The SMILES string of the molecule is COc1ccc(C=NNc2nc3c(c(=O)[nH]c(=O)n3C)n2CC(C)C)cc1. The molecule has 2 heterocycles. The Morgan fingerprint density at radius 1 is 1.30 bits per heavy atom. The first-order chi connectivity index (χ1) is 12.9. The molecule has 0 unspecified atom stereocenters. The Bertz CT molecular complexity index is 1090. The summed E-state index contributed by atoms with van der Waals surface area (Å²) in [6.07, 6.45) is 1.64. The number of benzene rings is 1. The van der Waals surface area contributed by atoms with E-state index in [1.165, 1.54) is 4.57 Å². The van der Waals surface area contributed by atoms with E-state index in [1.807, 2.05) is 38.1 Å². The van der Waals surface area contributed by atoms with Crippen molar-refractivity contribution in [2.75, 3.05) is 12.5 Å².